The van der Waals surface area contributed by atoms with Gasteiger partial charge in [-0.1, -0.05) is 0 Å². The first kappa shape index (κ1) is 13.1. The zero-order chi connectivity index (χ0) is 13.0. The normalized spacial score (nSPS) is 21.6. The quantitative estimate of drug-likeness (QED) is 0.626. The number of hydrogen-bond acceptors (Lipinski definition) is 3. The van der Waals surface area contributed by atoms with Gasteiger partial charge in [-0.15, -0.1) is 0 Å². The first-order valence-corrected chi connectivity index (χ1v) is 6.68. The lowest BCUT2D eigenvalue weighted by Crippen LogP contribution is -2.49. The van der Waals surface area contributed by atoms with Crippen molar-refractivity contribution in [3.63, 3.8) is 0 Å². The van der Waals surface area contributed by atoms with Crippen LogP contribution in [-0.2, 0) is 4.79 Å². The minimum Gasteiger partial charge on any atom is -0.369 e. The van der Waals surface area contributed by atoms with E-state index in [9.17, 15) is 9.59 Å². The Kier molecular flexibility index (Phi) is 4.41. The Balaban J connectivity index is 1.60. The lowest BCUT2D eigenvalue weighted by molar-refractivity contribution is -0.119. The molecule has 0 unspecified atom stereocenters. The highest BCUT2D eigenvalue weighted by Gasteiger charge is 2.24. The summed E-state index contributed by atoms with van der Waals surface area (Å²) in [7, 11) is 0. The molecule has 0 radical (unpaired) electrons. The predicted molar refractivity (Wildman–Crippen MR) is 67.9 cm³/mol. The van der Waals surface area contributed by atoms with Crippen molar-refractivity contribution in [3.05, 3.63) is 0 Å². The number of urea groups is 1. The largest absolute Gasteiger partial charge is 0.369 e. The van der Waals surface area contributed by atoms with Crippen LogP contribution in [0.25, 0.3) is 0 Å². The van der Waals surface area contributed by atoms with Crippen LogP contribution in [-0.4, -0.2) is 49.1 Å². The molecule has 1 heterocycles. The van der Waals surface area contributed by atoms with E-state index in [0.717, 1.165) is 32.5 Å². The van der Waals surface area contributed by atoms with Crippen LogP contribution in [0, 0.1) is 5.92 Å². The Morgan fingerprint density at radius 1 is 1.17 bits per heavy atom. The smallest absolute Gasteiger partial charge is 0.315 e. The fourth-order valence-corrected chi connectivity index (χ4v) is 2.25. The van der Waals surface area contributed by atoms with Gasteiger partial charge in [-0.2, -0.15) is 0 Å². The molecule has 0 aromatic carbocycles. The Bertz CT molecular complexity index is 309. The van der Waals surface area contributed by atoms with Gasteiger partial charge in [-0.25, -0.2) is 4.79 Å². The van der Waals surface area contributed by atoms with Crippen LogP contribution in [0.3, 0.4) is 0 Å². The van der Waals surface area contributed by atoms with Gasteiger partial charge >= 0.3 is 6.03 Å². The zero-order valence-corrected chi connectivity index (χ0v) is 10.7. The Hall–Kier alpha value is -1.30. The molecular formula is C12H22N4O2. The minimum atomic E-state index is -0.288. The SMILES string of the molecule is NC(=O)CN1CCC(NC(=O)NCC2CC2)CC1. The van der Waals surface area contributed by atoms with Crippen LogP contribution in [0.1, 0.15) is 25.7 Å². The molecule has 6 heteroatoms. The van der Waals surface area contributed by atoms with Crippen LogP contribution < -0.4 is 16.4 Å². The average Bonchev–Trinajstić information content (AvgIpc) is 3.12. The van der Waals surface area contributed by atoms with E-state index in [2.05, 4.69) is 10.6 Å². The molecule has 4 N–H and O–H groups in total. The van der Waals surface area contributed by atoms with Gasteiger partial charge in [0.15, 0.2) is 0 Å². The number of likely N-dealkylation sites (tertiary alicyclic amines) is 1. The average molecular weight is 254 g/mol. The number of piperidine rings is 1. The van der Waals surface area contributed by atoms with Crippen molar-refractivity contribution in [1.82, 2.24) is 15.5 Å². The predicted octanol–water partition coefficient (Wildman–Crippen LogP) is -0.355. The van der Waals surface area contributed by atoms with E-state index >= 15 is 0 Å². The molecule has 1 aliphatic heterocycles. The molecule has 6 nitrogen and oxygen atoms in total. The highest BCUT2D eigenvalue weighted by molar-refractivity contribution is 5.76. The molecule has 2 fully saturated rings. The summed E-state index contributed by atoms with van der Waals surface area (Å²) < 4.78 is 0. The van der Waals surface area contributed by atoms with Gasteiger partial charge in [0.1, 0.15) is 0 Å². The van der Waals surface area contributed by atoms with Crippen molar-refractivity contribution in [2.45, 2.75) is 31.7 Å². The van der Waals surface area contributed by atoms with E-state index in [1.54, 1.807) is 0 Å². The van der Waals surface area contributed by atoms with Crippen LogP contribution in [0.5, 0.6) is 0 Å². The lowest BCUT2D eigenvalue weighted by atomic mass is 10.1. The molecule has 0 atom stereocenters. The van der Waals surface area contributed by atoms with E-state index < -0.39 is 0 Å². The fraction of sp³-hybridized carbons (Fsp3) is 0.833. The van der Waals surface area contributed by atoms with Crippen LogP contribution >= 0.6 is 0 Å². The topological polar surface area (TPSA) is 87.5 Å². The molecule has 3 amide bonds. The zero-order valence-electron chi connectivity index (χ0n) is 10.7. The molecule has 0 aromatic heterocycles. The Morgan fingerprint density at radius 2 is 1.83 bits per heavy atom. The van der Waals surface area contributed by atoms with E-state index in [1.807, 2.05) is 4.90 Å². The van der Waals surface area contributed by atoms with Gasteiger partial charge in [0.2, 0.25) is 5.91 Å². The summed E-state index contributed by atoms with van der Waals surface area (Å²) in [5.41, 5.74) is 5.15. The summed E-state index contributed by atoms with van der Waals surface area (Å²) in [4.78, 5) is 24.4. The third kappa shape index (κ3) is 4.52. The number of amides is 3. The van der Waals surface area contributed by atoms with Crippen molar-refractivity contribution >= 4 is 11.9 Å². The number of primary amides is 1. The molecule has 1 saturated heterocycles. The number of nitrogens with two attached hydrogens (primary N) is 1. The molecular weight excluding hydrogens is 232 g/mol. The third-order valence-electron chi connectivity index (χ3n) is 3.55. The molecule has 2 aliphatic rings. The van der Waals surface area contributed by atoms with Crippen molar-refractivity contribution in [1.29, 1.82) is 0 Å². The molecule has 0 spiro atoms. The van der Waals surface area contributed by atoms with E-state index in [0.29, 0.717) is 12.5 Å². The second-order valence-electron chi connectivity index (χ2n) is 5.31. The van der Waals surface area contributed by atoms with Gasteiger partial charge in [-0.3, -0.25) is 9.69 Å². The number of nitrogens with one attached hydrogen (secondary N) is 2. The number of hydrogen-bond donors (Lipinski definition) is 3. The summed E-state index contributed by atoms with van der Waals surface area (Å²) in [5.74, 6) is 0.414. The molecule has 1 aliphatic carbocycles. The Morgan fingerprint density at radius 3 is 2.39 bits per heavy atom. The minimum absolute atomic E-state index is 0.0600. The molecule has 0 bridgehead atoms. The maximum Gasteiger partial charge on any atom is 0.315 e. The molecule has 1 saturated carbocycles. The highest BCUT2D eigenvalue weighted by Crippen LogP contribution is 2.27. The fourth-order valence-electron chi connectivity index (χ4n) is 2.25. The van der Waals surface area contributed by atoms with Crippen LogP contribution in [0.2, 0.25) is 0 Å². The van der Waals surface area contributed by atoms with Crippen LogP contribution in [0.4, 0.5) is 4.79 Å². The lowest BCUT2D eigenvalue weighted by Gasteiger charge is -2.31. The van der Waals surface area contributed by atoms with Crippen molar-refractivity contribution in [2.75, 3.05) is 26.2 Å². The molecule has 2 rings (SSSR count). The van der Waals surface area contributed by atoms with E-state index in [1.165, 1.54) is 12.8 Å². The van der Waals surface area contributed by atoms with Crippen LogP contribution in [0.15, 0.2) is 0 Å². The monoisotopic (exact) mass is 254 g/mol. The summed E-state index contributed by atoms with van der Waals surface area (Å²) in [6.45, 7) is 2.75. The molecule has 102 valence electrons. The van der Waals surface area contributed by atoms with Crippen molar-refractivity contribution in [2.24, 2.45) is 11.7 Å². The van der Waals surface area contributed by atoms with Gasteiger partial charge in [0.25, 0.3) is 0 Å². The van der Waals surface area contributed by atoms with Gasteiger partial charge in [-0.05, 0) is 31.6 Å². The number of rotatable bonds is 5. The summed E-state index contributed by atoms with van der Waals surface area (Å²) in [6.07, 6.45) is 4.24. The van der Waals surface area contributed by atoms with Crippen molar-refractivity contribution < 1.29 is 9.59 Å². The molecule has 0 aromatic rings. The number of carbonyl (C=O) groups is 2. The van der Waals surface area contributed by atoms with Gasteiger partial charge in [0, 0.05) is 25.7 Å². The second-order valence-corrected chi connectivity index (χ2v) is 5.31. The van der Waals surface area contributed by atoms with Gasteiger partial charge in [0.05, 0.1) is 6.54 Å². The molecule has 18 heavy (non-hydrogen) atoms. The third-order valence-corrected chi connectivity index (χ3v) is 3.55. The summed E-state index contributed by atoms with van der Waals surface area (Å²) in [6, 6.07) is 0.156. The van der Waals surface area contributed by atoms with E-state index in [4.69, 9.17) is 5.73 Å². The standard InChI is InChI=1S/C12H22N4O2/c13-11(17)8-16-5-3-10(4-6-16)15-12(18)14-7-9-1-2-9/h9-10H,1-8H2,(H2,13,17)(H2,14,15,18). The number of nitrogens with zero attached hydrogens (tertiary/aromatic N) is 1. The maximum absolute atomic E-state index is 11.6. The maximum atomic E-state index is 11.6. The highest BCUT2D eigenvalue weighted by atomic mass is 16.2. The first-order valence-electron chi connectivity index (χ1n) is 6.68. The van der Waals surface area contributed by atoms with E-state index in [-0.39, 0.29) is 18.0 Å². The van der Waals surface area contributed by atoms with Crippen molar-refractivity contribution in [3.8, 4) is 0 Å². The Labute approximate surface area is 107 Å². The second kappa shape index (κ2) is 6.04. The first-order chi connectivity index (χ1) is 8.63. The summed E-state index contributed by atoms with van der Waals surface area (Å²) in [5, 5.41) is 5.88. The number of carbonyl (C=O) groups excluding carboxylic acids is 2. The summed E-state index contributed by atoms with van der Waals surface area (Å²) >= 11 is 0. The van der Waals surface area contributed by atoms with Gasteiger partial charge < -0.3 is 16.4 Å².